The highest BCUT2D eigenvalue weighted by molar-refractivity contribution is 5.74. The Morgan fingerprint density at radius 3 is 2.65 bits per heavy atom. The third-order valence-electron chi connectivity index (χ3n) is 7.07. The Hall–Kier alpha value is -0.530. The maximum absolute atomic E-state index is 12.7. The van der Waals surface area contributed by atoms with Gasteiger partial charge < -0.3 is 4.74 Å². The monoisotopic (exact) mass is 275 g/mol. The highest BCUT2D eigenvalue weighted by Gasteiger charge is 2.55. The molecule has 0 aromatic heterocycles. The molecule has 4 fully saturated rings. The molecule has 2 nitrogen and oxygen atoms in total. The molecule has 7 unspecified atom stereocenters. The molecule has 111 valence electrons. The van der Waals surface area contributed by atoms with Crippen LogP contribution in [-0.2, 0) is 9.53 Å². The number of hydrogen-bond donors (Lipinski definition) is 0. The Kier molecular flexibility index (Phi) is 2.95. The predicted molar refractivity (Wildman–Crippen MR) is 77.7 cm³/mol. The van der Waals surface area contributed by atoms with Crippen LogP contribution in [0.3, 0.4) is 0 Å². The quantitative estimate of drug-likeness (QED) is 0.728. The number of ether oxygens (including phenoxy) is 1. The van der Waals surface area contributed by atoms with Crippen molar-refractivity contribution < 1.29 is 9.53 Å². The fourth-order valence-electron chi connectivity index (χ4n) is 5.87. The summed E-state index contributed by atoms with van der Waals surface area (Å²) >= 11 is 0. The average Bonchev–Trinajstić information content (AvgIpc) is 3.16. The molecule has 4 aliphatic rings. The van der Waals surface area contributed by atoms with Gasteiger partial charge in [-0.25, -0.2) is 0 Å². The summed E-state index contributed by atoms with van der Waals surface area (Å²) in [5.74, 6) is 3.77. The molecule has 0 saturated heterocycles. The zero-order chi connectivity index (χ0) is 13.9. The van der Waals surface area contributed by atoms with E-state index in [1.165, 1.54) is 25.7 Å². The second kappa shape index (κ2) is 4.48. The van der Waals surface area contributed by atoms with E-state index >= 15 is 0 Å². The number of carbonyl (C=O) groups is 1. The van der Waals surface area contributed by atoms with Gasteiger partial charge in [-0.05, 0) is 81.0 Å². The summed E-state index contributed by atoms with van der Waals surface area (Å²) in [5.41, 5.74) is -0.0898. The van der Waals surface area contributed by atoms with Gasteiger partial charge in [-0.3, -0.25) is 4.79 Å². The van der Waals surface area contributed by atoms with Crippen molar-refractivity contribution in [2.45, 2.75) is 64.4 Å². The highest BCUT2D eigenvalue weighted by atomic mass is 16.6. The molecule has 0 aromatic rings. The van der Waals surface area contributed by atoms with E-state index in [0.717, 1.165) is 31.1 Å². The van der Waals surface area contributed by atoms with Gasteiger partial charge in [0.05, 0.1) is 5.92 Å². The Morgan fingerprint density at radius 1 is 1.30 bits per heavy atom. The van der Waals surface area contributed by atoms with Crippen LogP contribution in [0.15, 0.2) is 0 Å². The van der Waals surface area contributed by atoms with Crippen molar-refractivity contribution in [1.29, 1.82) is 0 Å². The van der Waals surface area contributed by atoms with Crippen LogP contribution in [0.5, 0.6) is 0 Å². The number of fused-ring (bicyclic) bond motifs is 4. The summed E-state index contributed by atoms with van der Waals surface area (Å²) in [6, 6.07) is 0. The van der Waals surface area contributed by atoms with E-state index in [4.69, 9.17) is 4.74 Å². The van der Waals surface area contributed by atoms with Crippen LogP contribution in [0.4, 0.5) is 0 Å². The first-order chi connectivity index (χ1) is 9.61. The number of hydrogen-bond acceptors (Lipinski definition) is 2. The van der Waals surface area contributed by atoms with E-state index < -0.39 is 0 Å². The molecule has 1 radical (unpaired) electrons. The van der Waals surface area contributed by atoms with Gasteiger partial charge in [0.15, 0.2) is 0 Å². The number of esters is 1. The molecule has 4 saturated carbocycles. The third-order valence-corrected chi connectivity index (χ3v) is 7.07. The van der Waals surface area contributed by atoms with Crippen molar-refractivity contribution in [3.63, 3.8) is 0 Å². The summed E-state index contributed by atoms with van der Waals surface area (Å²) < 4.78 is 6.19. The van der Waals surface area contributed by atoms with Crippen molar-refractivity contribution in [3.05, 3.63) is 6.42 Å². The van der Waals surface area contributed by atoms with Crippen LogP contribution in [-0.4, -0.2) is 11.6 Å². The van der Waals surface area contributed by atoms with Gasteiger partial charge >= 0.3 is 5.97 Å². The molecular weight excluding hydrogens is 248 g/mol. The topological polar surface area (TPSA) is 26.3 Å². The van der Waals surface area contributed by atoms with Crippen LogP contribution in [0.1, 0.15) is 58.8 Å². The van der Waals surface area contributed by atoms with Crippen LogP contribution < -0.4 is 0 Å². The van der Waals surface area contributed by atoms with E-state index in [2.05, 4.69) is 20.3 Å². The summed E-state index contributed by atoms with van der Waals surface area (Å²) in [5, 5.41) is 0. The van der Waals surface area contributed by atoms with E-state index in [9.17, 15) is 4.79 Å². The minimum absolute atomic E-state index is 0.0898. The number of carbonyl (C=O) groups excluding carboxylic acids is 1. The Morgan fingerprint density at radius 2 is 2.15 bits per heavy atom. The van der Waals surface area contributed by atoms with E-state index in [1.807, 2.05) is 0 Å². The first-order valence-electron chi connectivity index (χ1n) is 8.69. The molecule has 4 aliphatic carbocycles. The molecule has 0 spiro atoms. The second-order valence-electron chi connectivity index (χ2n) is 7.97. The summed E-state index contributed by atoms with van der Waals surface area (Å²) in [6.07, 6.45) is 10.8. The molecule has 2 heteroatoms. The average molecular weight is 275 g/mol. The lowest BCUT2D eigenvalue weighted by molar-refractivity contribution is -0.173. The van der Waals surface area contributed by atoms with E-state index in [0.29, 0.717) is 17.8 Å². The van der Waals surface area contributed by atoms with Gasteiger partial charge in [-0.15, -0.1) is 0 Å². The third kappa shape index (κ3) is 1.79. The van der Waals surface area contributed by atoms with Crippen molar-refractivity contribution in [2.75, 3.05) is 0 Å². The lowest BCUT2D eigenvalue weighted by atomic mass is 9.80. The molecule has 4 rings (SSSR count). The minimum atomic E-state index is -0.0898. The van der Waals surface area contributed by atoms with Crippen LogP contribution in [0.2, 0.25) is 0 Å². The van der Waals surface area contributed by atoms with Crippen LogP contribution >= 0.6 is 0 Å². The minimum Gasteiger partial charge on any atom is -0.459 e. The lowest BCUT2D eigenvalue weighted by Gasteiger charge is -2.38. The molecule has 0 aromatic carbocycles. The predicted octanol–water partition coefficient (Wildman–Crippen LogP) is 3.99. The fraction of sp³-hybridized carbons (Fsp3) is 0.889. The largest absolute Gasteiger partial charge is 0.459 e. The lowest BCUT2D eigenvalue weighted by Crippen LogP contribution is -2.42. The highest BCUT2D eigenvalue weighted by Crippen LogP contribution is 2.56. The fourth-order valence-corrected chi connectivity index (χ4v) is 5.87. The van der Waals surface area contributed by atoms with Crippen molar-refractivity contribution >= 4 is 5.97 Å². The van der Waals surface area contributed by atoms with E-state index in [-0.39, 0.29) is 17.5 Å². The van der Waals surface area contributed by atoms with Gasteiger partial charge in [-0.1, -0.05) is 13.8 Å². The van der Waals surface area contributed by atoms with Crippen molar-refractivity contribution in [2.24, 2.45) is 35.5 Å². The molecule has 7 atom stereocenters. The second-order valence-corrected chi connectivity index (χ2v) is 7.97. The summed E-state index contributed by atoms with van der Waals surface area (Å²) in [7, 11) is 0. The maximum atomic E-state index is 12.7. The molecular formula is C18H27O2. The molecule has 0 aliphatic heterocycles. The zero-order valence-electron chi connectivity index (χ0n) is 12.8. The standard InChI is InChI=1S/C18H27O2/c1-3-18(10-12-4-5-15(18)7-12)20-17(19)16-9-13-8-14(16)6-11(13)2/h6,11-16H,3-5,7-10H2,1-2H3. The van der Waals surface area contributed by atoms with Gasteiger partial charge in [0, 0.05) is 0 Å². The zero-order valence-corrected chi connectivity index (χ0v) is 12.8. The molecule has 0 N–H and O–H groups in total. The Balaban J connectivity index is 1.45. The first kappa shape index (κ1) is 13.2. The molecule has 0 amide bonds. The SMILES string of the molecule is CCC1(OC(=O)C2CC3CC2[CH]C3C)CC2CCC1C2. The summed E-state index contributed by atoms with van der Waals surface area (Å²) in [4.78, 5) is 12.7. The van der Waals surface area contributed by atoms with Crippen LogP contribution in [0.25, 0.3) is 0 Å². The Labute approximate surface area is 122 Å². The molecule has 20 heavy (non-hydrogen) atoms. The normalized spacial score (nSPS) is 52.7. The van der Waals surface area contributed by atoms with Crippen LogP contribution in [0, 0.1) is 41.9 Å². The molecule has 0 heterocycles. The van der Waals surface area contributed by atoms with Crippen molar-refractivity contribution in [3.8, 4) is 0 Å². The van der Waals surface area contributed by atoms with E-state index in [1.54, 1.807) is 0 Å². The van der Waals surface area contributed by atoms with Crippen molar-refractivity contribution in [1.82, 2.24) is 0 Å². The summed E-state index contributed by atoms with van der Waals surface area (Å²) in [6.45, 7) is 4.51. The van der Waals surface area contributed by atoms with Gasteiger partial charge in [0.1, 0.15) is 5.60 Å². The first-order valence-corrected chi connectivity index (χ1v) is 8.69. The maximum Gasteiger partial charge on any atom is 0.309 e. The smallest absolute Gasteiger partial charge is 0.309 e. The number of rotatable bonds is 3. The Bertz CT molecular complexity index is 416. The van der Waals surface area contributed by atoms with Gasteiger partial charge in [0.25, 0.3) is 0 Å². The van der Waals surface area contributed by atoms with Gasteiger partial charge in [-0.2, -0.15) is 0 Å². The molecule has 4 bridgehead atoms. The van der Waals surface area contributed by atoms with Gasteiger partial charge in [0.2, 0.25) is 0 Å².